The number of rotatable bonds is 1. The van der Waals surface area contributed by atoms with Crippen LogP contribution in [-0.2, 0) is 4.74 Å². The van der Waals surface area contributed by atoms with E-state index in [0.29, 0.717) is 6.54 Å². The highest BCUT2D eigenvalue weighted by Gasteiger charge is 2.73. The van der Waals surface area contributed by atoms with Crippen LogP contribution in [0.3, 0.4) is 0 Å². The second-order valence-corrected chi connectivity index (χ2v) is 5.08. The highest BCUT2D eigenvalue weighted by Crippen LogP contribution is 2.55. The molecule has 19 heavy (non-hydrogen) atoms. The minimum Gasteiger partial charge on any atom is -0.357 e. The average Bonchev–Trinajstić information content (AvgIpc) is 3.03. The molecule has 3 nitrogen and oxygen atoms in total. The summed E-state index contributed by atoms with van der Waals surface area (Å²) in [4.78, 5) is 1.63. The van der Waals surface area contributed by atoms with E-state index in [4.69, 9.17) is 0 Å². The highest BCUT2D eigenvalue weighted by molar-refractivity contribution is 5.33. The lowest BCUT2D eigenvalue weighted by Crippen LogP contribution is -2.56. The van der Waals surface area contributed by atoms with Gasteiger partial charge < -0.3 is 9.84 Å². The monoisotopic (exact) mass is 273 g/mol. The highest BCUT2D eigenvalue weighted by atomic mass is 19.4. The third-order valence-corrected chi connectivity index (χ3v) is 3.79. The van der Waals surface area contributed by atoms with Gasteiger partial charge >= 0.3 is 6.18 Å². The summed E-state index contributed by atoms with van der Waals surface area (Å²) in [5, 5.41) is 9.83. The Labute approximate surface area is 108 Å². The van der Waals surface area contributed by atoms with Gasteiger partial charge in [0.2, 0.25) is 0 Å². The van der Waals surface area contributed by atoms with E-state index in [1.165, 1.54) is 0 Å². The minimum atomic E-state index is -4.78. The Kier molecular flexibility index (Phi) is 2.68. The van der Waals surface area contributed by atoms with Crippen LogP contribution in [0.4, 0.5) is 13.2 Å². The molecule has 2 fully saturated rings. The van der Waals surface area contributed by atoms with Crippen LogP contribution in [0.5, 0.6) is 0 Å². The van der Waals surface area contributed by atoms with Crippen LogP contribution in [-0.4, -0.2) is 41.2 Å². The maximum absolute atomic E-state index is 13.0. The number of morpholine rings is 1. The molecule has 2 aliphatic rings. The van der Waals surface area contributed by atoms with E-state index >= 15 is 0 Å². The third kappa shape index (κ3) is 1.86. The zero-order valence-electron chi connectivity index (χ0n) is 10.3. The van der Waals surface area contributed by atoms with Crippen molar-refractivity contribution in [2.45, 2.75) is 31.0 Å². The van der Waals surface area contributed by atoms with Crippen LogP contribution in [0.15, 0.2) is 24.3 Å². The summed E-state index contributed by atoms with van der Waals surface area (Å²) < 4.78 is 43.6. The van der Waals surface area contributed by atoms with Crippen LogP contribution >= 0.6 is 0 Å². The predicted molar refractivity (Wildman–Crippen MR) is 61.4 cm³/mol. The normalized spacial score (nSPS) is 37.8. The van der Waals surface area contributed by atoms with Gasteiger partial charge in [0.25, 0.3) is 5.79 Å². The SMILES string of the molecule is Cc1cccc([C@@H]2[C@@H]3N2CCO[C@]3(O)C(F)(F)F)c1. The Balaban J connectivity index is 1.92. The first-order valence-corrected chi connectivity index (χ1v) is 6.10. The molecule has 3 rings (SSSR count). The number of aryl methyl sites for hydroxylation is 1. The van der Waals surface area contributed by atoms with Gasteiger partial charge in [-0.1, -0.05) is 29.8 Å². The van der Waals surface area contributed by atoms with Crippen LogP contribution in [0.25, 0.3) is 0 Å². The Morgan fingerprint density at radius 3 is 2.79 bits per heavy atom. The molecule has 1 aromatic carbocycles. The van der Waals surface area contributed by atoms with Crippen molar-refractivity contribution in [3.05, 3.63) is 35.4 Å². The number of hydrogen-bond donors (Lipinski definition) is 1. The maximum Gasteiger partial charge on any atom is 0.444 e. The first-order valence-electron chi connectivity index (χ1n) is 6.10. The molecule has 0 radical (unpaired) electrons. The first-order chi connectivity index (χ1) is 8.84. The molecule has 2 saturated heterocycles. The molecular weight excluding hydrogens is 259 g/mol. The second-order valence-electron chi connectivity index (χ2n) is 5.08. The zero-order valence-corrected chi connectivity index (χ0v) is 10.3. The van der Waals surface area contributed by atoms with E-state index < -0.39 is 24.0 Å². The van der Waals surface area contributed by atoms with E-state index in [9.17, 15) is 18.3 Å². The smallest absolute Gasteiger partial charge is 0.357 e. The second kappa shape index (κ2) is 3.94. The predicted octanol–water partition coefficient (Wildman–Crippen LogP) is 2.00. The Morgan fingerprint density at radius 1 is 1.42 bits per heavy atom. The lowest BCUT2D eigenvalue weighted by Gasteiger charge is -2.33. The summed E-state index contributed by atoms with van der Waals surface area (Å²) in [7, 11) is 0. The van der Waals surface area contributed by atoms with Gasteiger partial charge in [0.1, 0.15) is 0 Å². The molecule has 0 amide bonds. The van der Waals surface area contributed by atoms with Gasteiger partial charge in [-0.2, -0.15) is 13.2 Å². The Bertz CT molecular complexity index is 505. The molecule has 1 unspecified atom stereocenters. The molecule has 0 spiro atoms. The number of ether oxygens (including phenoxy) is 1. The molecule has 0 aromatic heterocycles. The van der Waals surface area contributed by atoms with Crippen molar-refractivity contribution >= 4 is 0 Å². The number of nitrogens with zero attached hydrogens (tertiary/aromatic N) is 1. The van der Waals surface area contributed by atoms with Crippen molar-refractivity contribution in [1.82, 2.24) is 4.90 Å². The molecule has 6 heteroatoms. The quantitative estimate of drug-likeness (QED) is 0.794. The van der Waals surface area contributed by atoms with Gasteiger partial charge in [-0.15, -0.1) is 0 Å². The maximum atomic E-state index is 13.0. The molecule has 2 heterocycles. The minimum absolute atomic E-state index is 0.116. The Hall–Kier alpha value is -1.11. The van der Waals surface area contributed by atoms with E-state index in [0.717, 1.165) is 11.1 Å². The van der Waals surface area contributed by atoms with Gasteiger partial charge in [0.15, 0.2) is 0 Å². The summed E-state index contributed by atoms with van der Waals surface area (Å²) >= 11 is 0. The average molecular weight is 273 g/mol. The molecule has 104 valence electrons. The van der Waals surface area contributed by atoms with Crippen LogP contribution in [0, 0.1) is 6.92 Å². The number of halogens is 3. The fraction of sp³-hybridized carbons (Fsp3) is 0.538. The van der Waals surface area contributed by atoms with Crippen LogP contribution in [0.1, 0.15) is 17.2 Å². The zero-order chi connectivity index (χ0) is 13.8. The first kappa shape index (κ1) is 12.9. The largest absolute Gasteiger partial charge is 0.444 e. The molecule has 1 aromatic rings. The summed E-state index contributed by atoms with van der Waals surface area (Å²) in [6.07, 6.45) is -4.78. The number of fused-ring (bicyclic) bond motifs is 1. The van der Waals surface area contributed by atoms with E-state index in [1.807, 2.05) is 25.1 Å². The fourth-order valence-electron chi connectivity index (χ4n) is 2.86. The molecule has 0 saturated carbocycles. The van der Waals surface area contributed by atoms with Gasteiger partial charge in [0, 0.05) is 6.54 Å². The summed E-state index contributed by atoms with van der Waals surface area (Å²) in [5.41, 5.74) is 1.77. The fourth-order valence-corrected chi connectivity index (χ4v) is 2.86. The lowest BCUT2D eigenvalue weighted by molar-refractivity contribution is -0.375. The Morgan fingerprint density at radius 2 is 2.16 bits per heavy atom. The molecule has 0 bridgehead atoms. The van der Waals surface area contributed by atoms with E-state index in [1.54, 1.807) is 11.0 Å². The third-order valence-electron chi connectivity index (χ3n) is 3.79. The van der Waals surface area contributed by atoms with Gasteiger partial charge in [0.05, 0.1) is 18.7 Å². The summed E-state index contributed by atoms with van der Waals surface area (Å²) in [5.74, 6) is -3.06. The standard InChI is InChI=1S/C13H14F3NO2/c1-8-3-2-4-9(7-8)10-11-12(18,13(14,15)16)19-6-5-17(10)11/h2-4,7,10-11,18H,5-6H2,1H3/t10-,11+,12+,17?/m1/s1. The van der Waals surface area contributed by atoms with Crippen LogP contribution in [0.2, 0.25) is 0 Å². The van der Waals surface area contributed by atoms with Crippen molar-refractivity contribution < 1.29 is 23.0 Å². The van der Waals surface area contributed by atoms with Crippen molar-refractivity contribution in [1.29, 1.82) is 0 Å². The van der Waals surface area contributed by atoms with Crippen molar-refractivity contribution in [2.75, 3.05) is 13.2 Å². The van der Waals surface area contributed by atoms with Gasteiger partial charge in [-0.3, -0.25) is 4.90 Å². The topological polar surface area (TPSA) is 32.5 Å². The summed E-state index contributed by atoms with van der Waals surface area (Å²) in [6.45, 7) is 2.17. The number of hydrogen-bond acceptors (Lipinski definition) is 3. The van der Waals surface area contributed by atoms with Gasteiger partial charge in [-0.05, 0) is 12.5 Å². The summed E-state index contributed by atoms with van der Waals surface area (Å²) in [6, 6.07) is 5.87. The number of alkyl halides is 3. The number of benzene rings is 1. The molecule has 1 N–H and O–H groups in total. The van der Waals surface area contributed by atoms with Gasteiger partial charge in [-0.25, -0.2) is 0 Å². The molecular formula is C13H14F3NO2. The van der Waals surface area contributed by atoms with E-state index in [-0.39, 0.29) is 6.61 Å². The molecule has 2 aliphatic heterocycles. The van der Waals surface area contributed by atoms with Crippen molar-refractivity contribution in [2.24, 2.45) is 0 Å². The van der Waals surface area contributed by atoms with Crippen LogP contribution < -0.4 is 0 Å². The molecule has 0 aliphatic carbocycles. The lowest BCUT2D eigenvalue weighted by atomic mass is 10.0. The van der Waals surface area contributed by atoms with E-state index in [2.05, 4.69) is 4.74 Å². The van der Waals surface area contributed by atoms with Crippen molar-refractivity contribution in [3.8, 4) is 0 Å². The van der Waals surface area contributed by atoms with Crippen molar-refractivity contribution in [3.63, 3.8) is 0 Å². The number of aliphatic hydroxyl groups is 1. The molecule has 4 atom stereocenters.